The Morgan fingerprint density at radius 2 is 1.58 bits per heavy atom. The van der Waals surface area contributed by atoms with Gasteiger partial charge in [0.1, 0.15) is 6.54 Å². The first-order valence-electron chi connectivity index (χ1n) is 8.10. The Morgan fingerprint density at radius 1 is 1.00 bits per heavy atom. The average molecular weight is 393 g/mol. The van der Waals surface area contributed by atoms with Crippen LogP contribution >= 0.6 is 11.6 Å². The molecule has 144 valence electrons. The zero-order chi connectivity index (χ0) is 19.2. The number of nitrogens with zero attached hydrogens (tertiary/aromatic N) is 2. The molecule has 0 saturated carbocycles. The second-order valence-corrected chi connectivity index (χ2v) is 6.30. The van der Waals surface area contributed by atoms with Gasteiger partial charge in [-0.25, -0.2) is 0 Å². The number of amides is 2. The number of rotatable bonds is 5. The molecule has 0 unspecified atom stereocenters. The zero-order valence-electron chi connectivity index (χ0n) is 14.0. The lowest BCUT2D eigenvalue weighted by atomic mass is 10.2. The fourth-order valence-electron chi connectivity index (χ4n) is 2.55. The first-order chi connectivity index (χ1) is 12.2. The van der Waals surface area contributed by atoms with E-state index >= 15 is 0 Å². The molecule has 0 atom stereocenters. The van der Waals surface area contributed by atoms with Crippen LogP contribution in [-0.2, 0) is 9.59 Å². The summed E-state index contributed by atoms with van der Waals surface area (Å²) in [5.74, 6) is -2.34. The van der Waals surface area contributed by atoms with E-state index in [1.54, 1.807) is 0 Å². The molecule has 1 aromatic carbocycles. The number of carbonyl (C=O) groups excluding carboxylic acids is 2. The van der Waals surface area contributed by atoms with Gasteiger partial charge in [0.25, 0.3) is 0 Å². The molecule has 1 aliphatic heterocycles. The third kappa shape index (κ3) is 6.72. The predicted octanol–water partition coefficient (Wildman–Crippen LogP) is 1.26. The van der Waals surface area contributed by atoms with Crippen molar-refractivity contribution in [2.75, 3.05) is 50.7 Å². The van der Waals surface area contributed by atoms with Gasteiger partial charge in [-0.05, 0) is 24.3 Å². The van der Waals surface area contributed by atoms with Crippen molar-refractivity contribution >= 4 is 29.1 Å². The highest BCUT2D eigenvalue weighted by atomic mass is 35.5. The molecule has 0 radical (unpaired) electrons. The summed E-state index contributed by atoms with van der Waals surface area (Å²) in [5.41, 5.74) is 1.09. The lowest BCUT2D eigenvalue weighted by Crippen LogP contribution is -2.49. The van der Waals surface area contributed by atoms with Crippen molar-refractivity contribution in [1.82, 2.24) is 15.5 Å². The molecule has 10 heteroatoms. The maximum atomic E-state index is 12.0. The molecule has 2 amide bonds. The number of hydrogen-bond acceptors (Lipinski definition) is 4. The Morgan fingerprint density at radius 3 is 2.15 bits per heavy atom. The van der Waals surface area contributed by atoms with E-state index in [4.69, 9.17) is 11.6 Å². The van der Waals surface area contributed by atoms with E-state index in [9.17, 15) is 22.8 Å². The lowest BCUT2D eigenvalue weighted by molar-refractivity contribution is -0.146. The molecular formula is C16H20ClF3N4O2. The van der Waals surface area contributed by atoms with Crippen LogP contribution in [0.25, 0.3) is 0 Å². The van der Waals surface area contributed by atoms with Gasteiger partial charge in [0.15, 0.2) is 0 Å². The third-order valence-electron chi connectivity index (χ3n) is 3.93. The minimum absolute atomic E-state index is 0.194. The SMILES string of the molecule is O=C(NCCN1CCN(c2ccc(Cl)cc2)CC1)C(=O)NCC(F)(F)F. The summed E-state index contributed by atoms with van der Waals surface area (Å²) in [6.07, 6.45) is -4.54. The smallest absolute Gasteiger partial charge is 0.369 e. The Labute approximate surface area is 154 Å². The fraction of sp³-hybridized carbons (Fsp3) is 0.500. The standard InChI is InChI=1S/C16H20ClF3N4O2/c17-12-1-3-13(4-2-12)24-9-7-23(8-10-24)6-5-21-14(25)15(26)22-11-16(18,19)20/h1-4H,5-11H2,(H,21,25)(H,22,26). The van der Waals surface area contributed by atoms with Gasteiger partial charge in [0, 0.05) is 50.0 Å². The van der Waals surface area contributed by atoms with Crippen LogP contribution in [-0.4, -0.2) is 68.7 Å². The van der Waals surface area contributed by atoms with E-state index in [-0.39, 0.29) is 6.54 Å². The summed E-state index contributed by atoms with van der Waals surface area (Å²) in [6, 6.07) is 7.58. The summed E-state index contributed by atoms with van der Waals surface area (Å²) in [5, 5.41) is 4.54. The van der Waals surface area contributed by atoms with E-state index in [1.807, 2.05) is 24.3 Å². The van der Waals surface area contributed by atoms with Crippen LogP contribution in [0.15, 0.2) is 24.3 Å². The summed E-state index contributed by atoms with van der Waals surface area (Å²) in [6.45, 7) is 2.36. The van der Waals surface area contributed by atoms with Crippen molar-refractivity contribution in [2.45, 2.75) is 6.18 Å². The summed E-state index contributed by atoms with van der Waals surface area (Å²) in [7, 11) is 0. The normalized spacial score (nSPS) is 15.6. The number of piperazine rings is 1. The second kappa shape index (κ2) is 9.09. The summed E-state index contributed by atoms with van der Waals surface area (Å²) >= 11 is 5.88. The predicted molar refractivity (Wildman–Crippen MR) is 92.2 cm³/mol. The number of carbonyl (C=O) groups is 2. The Hall–Kier alpha value is -2.00. The molecule has 2 N–H and O–H groups in total. The Bertz CT molecular complexity index is 617. The van der Waals surface area contributed by atoms with Gasteiger partial charge in [-0.15, -0.1) is 0 Å². The van der Waals surface area contributed by atoms with E-state index in [1.165, 1.54) is 5.32 Å². The summed E-state index contributed by atoms with van der Waals surface area (Å²) < 4.78 is 36.0. The van der Waals surface area contributed by atoms with Crippen molar-refractivity contribution < 1.29 is 22.8 Å². The van der Waals surface area contributed by atoms with E-state index in [0.29, 0.717) is 11.6 Å². The quantitative estimate of drug-likeness (QED) is 0.740. The second-order valence-electron chi connectivity index (χ2n) is 5.86. The van der Waals surface area contributed by atoms with E-state index in [2.05, 4.69) is 15.1 Å². The highest BCUT2D eigenvalue weighted by Crippen LogP contribution is 2.19. The number of alkyl halides is 3. The molecule has 0 aliphatic carbocycles. The van der Waals surface area contributed by atoms with Crippen molar-refractivity contribution in [3.05, 3.63) is 29.3 Å². The van der Waals surface area contributed by atoms with Gasteiger partial charge >= 0.3 is 18.0 Å². The average Bonchev–Trinajstić information content (AvgIpc) is 2.60. The molecule has 0 aromatic heterocycles. The topological polar surface area (TPSA) is 64.7 Å². The number of anilines is 1. The zero-order valence-corrected chi connectivity index (χ0v) is 14.7. The van der Waals surface area contributed by atoms with Crippen LogP contribution in [0.1, 0.15) is 0 Å². The van der Waals surface area contributed by atoms with Crippen LogP contribution in [0.2, 0.25) is 5.02 Å². The molecule has 1 saturated heterocycles. The molecular weight excluding hydrogens is 373 g/mol. The fourth-order valence-corrected chi connectivity index (χ4v) is 2.68. The van der Waals surface area contributed by atoms with Crippen LogP contribution < -0.4 is 15.5 Å². The highest BCUT2D eigenvalue weighted by Gasteiger charge is 2.29. The van der Waals surface area contributed by atoms with E-state index < -0.39 is 24.5 Å². The molecule has 26 heavy (non-hydrogen) atoms. The molecule has 1 fully saturated rings. The third-order valence-corrected chi connectivity index (χ3v) is 4.19. The first-order valence-corrected chi connectivity index (χ1v) is 8.48. The minimum Gasteiger partial charge on any atom is -0.369 e. The molecule has 0 bridgehead atoms. The van der Waals surface area contributed by atoms with Gasteiger partial charge in [0.05, 0.1) is 0 Å². The number of nitrogens with one attached hydrogen (secondary N) is 2. The molecule has 2 rings (SSSR count). The van der Waals surface area contributed by atoms with Crippen molar-refractivity contribution in [3.63, 3.8) is 0 Å². The van der Waals surface area contributed by atoms with Gasteiger partial charge in [-0.2, -0.15) is 13.2 Å². The van der Waals surface area contributed by atoms with Crippen molar-refractivity contribution in [3.8, 4) is 0 Å². The Kier molecular flexibility index (Phi) is 7.10. The number of halogens is 4. The summed E-state index contributed by atoms with van der Waals surface area (Å²) in [4.78, 5) is 27.0. The molecule has 1 aromatic rings. The minimum atomic E-state index is -4.54. The molecule has 6 nitrogen and oxygen atoms in total. The van der Waals surface area contributed by atoms with Crippen LogP contribution in [0.3, 0.4) is 0 Å². The monoisotopic (exact) mass is 392 g/mol. The molecule has 1 aliphatic rings. The maximum absolute atomic E-state index is 12.0. The Balaban J connectivity index is 1.64. The van der Waals surface area contributed by atoms with Crippen LogP contribution in [0, 0.1) is 0 Å². The van der Waals surface area contributed by atoms with Gasteiger partial charge < -0.3 is 15.5 Å². The highest BCUT2D eigenvalue weighted by molar-refractivity contribution is 6.35. The molecule has 1 heterocycles. The van der Waals surface area contributed by atoms with Crippen LogP contribution in [0.4, 0.5) is 18.9 Å². The van der Waals surface area contributed by atoms with Gasteiger partial charge in [0.2, 0.25) is 0 Å². The van der Waals surface area contributed by atoms with Crippen LogP contribution in [0.5, 0.6) is 0 Å². The lowest BCUT2D eigenvalue weighted by Gasteiger charge is -2.36. The van der Waals surface area contributed by atoms with Crippen molar-refractivity contribution in [1.29, 1.82) is 0 Å². The number of benzene rings is 1. The first kappa shape index (κ1) is 20.3. The maximum Gasteiger partial charge on any atom is 0.405 e. The van der Waals surface area contributed by atoms with Crippen molar-refractivity contribution in [2.24, 2.45) is 0 Å². The van der Waals surface area contributed by atoms with E-state index in [0.717, 1.165) is 31.9 Å². The molecule has 0 spiro atoms. The largest absolute Gasteiger partial charge is 0.405 e. The number of hydrogen-bond donors (Lipinski definition) is 2. The van der Waals surface area contributed by atoms with Gasteiger partial charge in [-0.3, -0.25) is 14.5 Å². The van der Waals surface area contributed by atoms with Gasteiger partial charge in [-0.1, -0.05) is 11.6 Å².